The molecule has 0 aliphatic carbocycles. The van der Waals surface area contributed by atoms with Crippen molar-refractivity contribution in [1.29, 1.82) is 0 Å². The second-order valence-electron chi connectivity index (χ2n) is 6.42. The van der Waals surface area contributed by atoms with Gasteiger partial charge in [0.25, 0.3) is 11.6 Å². The van der Waals surface area contributed by atoms with Crippen LogP contribution in [-0.4, -0.2) is 25.6 Å². The van der Waals surface area contributed by atoms with E-state index in [2.05, 4.69) is 31.3 Å². The summed E-state index contributed by atoms with van der Waals surface area (Å²) in [6.07, 6.45) is 0. The lowest BCUT2D eigenvalue weighted by atomic mass is 10.2. The van der Waals surface area contributed by atoms with E-state index in [1.54, 1.807) is 12.1 Å². The van der Waals surface area contributed by atoms with Crippen LogP contribution in [0.4, 0.5) is 15.8 Å². The normalized spacial score (nSPS) is 10.6. The lowest BCUT2D eigenvalue weighted by Gasteiger charge is -2.06. The van der Waals surface area contributed by atoms with Gasteiger partial charge in [0.1, 0.15) is 5.82 Å². The molecule has 0 aliphatic rings. The Morgan fingerprint density at radius 3 is 2.45 bits per heavy atom. The van der Waals surface area contributed by atoms with E-state index in [1.165, 1.54) is 53.2 Å². The van der Waals surface area contributed by atoms with Crippen LogP contribution in [0.15, 0.2) is 77.3 Å². The SMILES string of the molecule is O=C(Nc1cccc([N+](=O)[O-])c1)c1nc(-c2ccc(Br)cc2)n(-c2ccc(F)cc2)n1. The molecule has 0 radical (unpaired) electrons. The minimum absolute atomic E-state index is 0.145. The molecule has 10 heteroatoms. The zero-order valence-electron chi connectivity index (χ0n) is 15.7. The Kier molecular flexibility index (Phi) is 5.54. The Bertz CT molecular complexity index is 1210. The molecule has 154 valence electrons. The maximum atomic E-state index is 13.4. The quantitative estimate of drug-likeness (QED) is 0.319. The molecule has 0 bridgehead atoms. The van der Waals surface area contributed by atoms with Gasteiger partial charge < -0.3 is 5.32 Å². The molecule has 0 atom stereocenters. The predicted octanol–water partition coefficient (Wildman–Crippen LogP) is 5.00. The molecule has 4 aromatic rings. The van der Waals surface area contributed by atoms with Crippen molar-refractivity contribution >= 4 is 33.2 Å². The van der Waals surface area contributed by atoms with E-state index in [4.69, 9.17) is 0 Å². The van der Waals surface area contributed by atoms with Crippen molar-refractivity contribution in [1.82, 2.24) is 14.8 Å². The largest absolute Gasteiger partial charge is 0.319 e. The van der Waals surface area contributed by atoms with Crippen molar-refractivity contribution < 1.29 is 14.1 Å². The number of nitro benzene ring substituents is 1. The number of hydrogen-bond acceptors (Lipinski definition) is 5. The highest BCUT2D eigenvalue weighted by atomic mass is 79.9. The summed E-state index contributed by atoms with van der Waals surface area (Å²) in [6, 6.07) is 18.4. The van der Waals surface area contributed by atoms with Gasteiger partial charge in [0, 0.05) is 27.9 Å². The van der Waals surface area contributed by atoms with Crippen LogP contribution in [-0.2, 0) is 0 Å². The Hall–Kier alpha value is -3.92. The summed E-state index contributed by atoms with van der Waals surface area (Å²) in [4.78, 5) is 27.5. The third-order valence-corrected chi connectivity index (χ3v) is 4.83. The molecule has 0 aliphatic heterocycles. The summed E-state index contributed by atoms with van der Waals surface area (Å²) in [5.74, 6) is -0.811. The van der Waals surface area contributed by atoms with Gasteiger partial charge in [-0.15, -0.1) is 5.10 Å². The lowest BCUT2D eigenvalue weighted by molar-refractivity contribution is -0.384. The Morgan fingerprint density at radius 2 is 1.77 bits per heavy atom. The number of nitrogens with one attached hydrogen (secondary N) is 1. The Morgan fingerprint density at radius 1 is 1.06 bits per heavy atom. The average Bonchev–Trinajstić information content (AvgIpc) is 3.20. The fraction of sp³-hybridized carbons (Fsp3) is 0. The summed E-state index contributed by atoms with van der Waals surface area (Å²) in [5, 5.41) is 17.8. The van der Waals surface area contributed by atoms with Gasteiger partial charge in [-0.2, -0.15) is 0 Å². The van der Waals surface area contributed by atoms with Gasteiger partial charge in [-0.1, -0.05) is 34.1 Å². The molecular weight excluding hydrogens is 469 g/mol. The molecule has 3 aromatic carbocycles. The summed E-state index contributed by atoms with van der Waals surface area (Å²) in [7, 11) is 0. The topological polar surface area (TPSA) is 103 Å². The monoisotopic (exact) mass is 481 g/mol. The van der Waals surface area contributed by atoms with Crippen LogP contribution in [0.2, 0.25) is 0 Å². The minimum atomic E-state index is -0.639. The highest BCUT2D eigenvalue weighted by Crippen LogP contribution is 2.24. The van der Waals surface area contributed by atoms with E-state index < -0.39 is 16.6 Å². The number of carbonyl (C=O) groups is 1. The summed E-state index contributed by atoms with van der Waals surface area (Å²) >= 11 is 3.37. The van der Waals surface area contributed by atoms with Crippen molar-refractivity contribution in [2.24, 2.45) is 0 Å². The van der Waals surface area contributed by atoms with Crippen molar-refractivity contribution in [3.63, 3.8) is 0 Å². The molecule has 1 heterocycles. The number of carbonyl (C=O) groups excluding carboxylic acids is 1. The molecule has 0 saturated carbocycles. The number of non-ortho nitro benzene ring substituents is 1. The van der Waals surface area contributed by atoms with Gasteiger partial charge in [0.2, 0.25) is 5.82 Å². The van der Waals surface area contributed by atoms with E-state index in [0.717, 1.165) is 4.47 Å². The fourth-order valence-corrected chi connectivity index (χ4v) is 3.10. The number of aromatic nitrogens is 3. The minimum Gasteiger partial charge on any atom is -0.319 e. The number of nitro groups is 1. The molecule has 0 saturated heterocycles. The maximum absolute atomic E-state index is 13.4. The first-order valence-electron chi connectivity index (χ1n) is 8.95. The van der Waals surface area contributed by atoms with Gasteiger partial charge in [-0.05, 0) is 42.5 Å². The summed E-state index contributed by atoms with van der Waals surface area (Å²) < 4.78 is 15.7. The molecule has 8 nitrogen and oxygen atoms in total. The first-order chi connectivity index (χ1) is 14.9. The van der Waals surface area contributed by atoms with E-state index in [1.807, 2.05) is 12.1 Å². The highest BCUT2D eigenvalue weighted by molar-refractivity contribution is 9.10. The van der Waals surface area contributed by atoms with Crippen LogP contribution in [0.3, 0.4) is 0 Å². The smallest absolute Gasteiger partial charge is 0.295 e. The van der Waals surface area contributed by atoms with Crippen molar-refractivity contribution in [2.45, 2.75) is 0 Å². The number of halogens is 2. The van der Waals surface area contributed by atoms with Crippen molar-refractivity contribution in [2.75, 3.05) is 5.32 Å². The van der Waals surface area contributed by atoms with Gasteiger partial charge >= 0.3 is 0 Å². The van der Waals surface area contributed by atoms with Crippen LogP contribution in [0, 0.1) is 15.9 Å². The Labute approximate surface area is 183 Å². The van der Waals surface area contributed by atoms with Crippen LogP contribution in [0.5, 0.6) is 0 Å². The summed E-state index contributed by atoms with van der Waals surface area (Å²) in [6.45, 7) is 0. The van der Waals surface area contributed by atoms with Crippen LogP contribution in [0.25, 0.3) is 17.1 Å². The van der Waals surface area contributed by atoms with Crippen molar-refractivity contribution in [3.05, 3.63) is 99.0 Å². The van der Waals surface area contributed by atoms with E-state index >= 15 is 0 Å². The van der Waals surface area contributed by atoms with Gasteiger partial charge in [-0.3, -0.25) is 14.9 Å². The predicted molar refractivity (Wildman–Crippen MR) is 116 cm³/mol. The number of rotatable bonds is 5. The lowest BCUT2D eigenvalue weighted by Crippen LogP contribution is -2.14. The second-order valence-corrected chi connectivity index (χ2v) is 7.33. The molecular formula is C21H13BrFN5O3. The van der Waals surface area contributed by atoms with Crippen LogP contribution >= 0.6 is 15.9 Å². The second kappa shape index (κ2) is 8.44. The fourth-order valence-electron chi connectivity index (χ4n) is 2.84. The molecule has 4 rings (SSSR count). The van der Waals surface area contributed by atoms with Crippen LogP contribution < -0.4 is 5.32 Å². The first-order valence-corrected chi connectivity index (χ1v) is 9.75. The standard InChI is InChI=1S/C21H13BrFN5O3/c22-14-6-4-13(5-7-14)20-25-19(26-27(20)17-10-8-15(23)9-11-17)21(29)24-16-2-1-3-18(12-16)28(30)31/h1-12H,(H,24,29). The number of benzene rings is 3. The van der Waals surface area contributed by atoms with Crippen molar-refractivity contribution in [3.8, 4) is 17.1 Å². The van der Waals surface area contributed by atoms with Gasteiger partial charge in [-0.25, -0.2) is 14.1 Å². The van der Waals surface area contributed by atoms with Gasteiger partial charge in [0.15, 0.2) is 5.82 Å². The highest BCUT2D eigenvalue weighted by Gasteiger charge is 2.20. The average molecular weight is 482 g/mol. The Balaban J connectivity index is 1.73. The zero-order valence-corrected chi connectivity index (χ0v) is 17.3. The molecule has 1 aromatic heterocycles. The molecule has 0 unspecified atom stereocenters. The molecule has 0 fully saturated rings. The molecule has 31 heavy (non-hydrogen) atoms. The number of nitrogens with zero attached hydrogens (tertiary/aromatic N) is 4. The maximum Gasteiger partial charge on any atom is 0.295 e. The van der Waals surface area contributed by atoms with Gasteiger partial charge in [0.05, 0.1) is 10.6 Å². The van der Waals surface area contributed by atoms with E-state index in [0.29, 0.717) is 17.1 Å². The van der Waals surface area contributed by atoms with E-state index in [9.17, 15) is 19.3 Å². The third kappa shape index (κ3) is 4.48. The molecule has 1 N–H and O–H groups in total. The molecule has 1 amide bonds. The first kappa shape index (κ1) is 20.4. The number of hydrogen-bond donors (Lipinski definition) is 1. The molecule has 0 spiro atoms. The number of anilines is 1. The zero-order chi connectivity index (χ0) is 22.0. The summed E-state index contributed by atoms with van der Waals surface area (Å²) in [5.41, 5.74) is 1.29. The third-order valence-electron chi connectivity index (χ3n) is 4.30. The number of amides is 1. The van der Waals surface area contributed by atoms with Crippen LogP contribution in [0.1, 0.15) is 10.6 Å². The van der Waals surface area contributed by atoms with E-state index in [-0.39, 0.29) is 17.2 Å².